The Bertz CT molecular complexity index is 230. The standard InChI is InChI=1S/C15H23.W/c1-2-3-4-5-6-7-9-12-15-13-10-8-11-14-15;/h10-11,13-14H,2-7,9,12H2,1H3;. The monoisotopic (exact) mass is 387 g/mol. The van der Waals surface area contributed by atoms with Crippen molar-refractivity contribution in [1.29, 1.82) is 0 Å². The Balaban J connectivity index is 0.00000225. The van der Waals surface area contributed by atoms with Crippen molar-refractivity contribution in [3.63, 3.8) is 0 Å². The molecule has 0 aromatic heterocycles. The van der Waals surface area contributed by atoms with E-state index >= 15 is 0 Å². The fourth-order valence-corrected chi connectivity index (χ4v) is 1.87. The quantitative estimate of drug-likeness (QED) is 0.564. The van der Waals surface area contributed by atoms with Gasteiger partial charge in [-0.3, -0.25) is 0 Å². The predicted octanol–water partition coefficient (Wildman–Crippen LogP) is 4.78. The topological polar surface area (TPSA) is 0 Å². The molecule has 1 aromatic carbocycles. The third kappa shape index (κ3) is 8.11. The van der Waals surface area contributed by atoms with Gasteiger partial charge in [0.2, 0.25) is 0 Å². The van der Waals surface area contributed by atoms with E-state index in [2.05, 4.69) is 25.1 Å². The molecule has 0 bridgehead atoms. The maximum atomic E-state index is 3.06. The fourth-order valence-electron chi connectivity index (χ4n) is 1.87. The molecule has 89 valence electrons. The van der Waals surface area contributed by atoms with E-state index < -0.39 is 0 Å². The van der Waals surface area contributed by atoms with Crippen LogP contribution in [0.4, 0.5) is 0 Å². The summed E-state index contributed by atoms with van der Waals surface area (Å²) >= 11 is 0. The van der Waals surface area contributed by atoms with Crippen LogP contribution in [0.1, 0.15) is 57.4 Å². The van der Waals surface area contributed by atoms with Gasteiger partial charge in [-0.2, -0.15) is 0 Å². The van der Waals surface area contributed by atoms with E-state index in [0.717, 1.165) is 0 Å². The normalized spacial score (nSPS) is 9.81. The molecule has 0 nitrogen and oxygen atoms in total. The van der Waals surface area contributed by atoms with Crippen LogP contribution in [0.2, 0.25) is 0 Å². The Morgan fingerprint density at radius 1 is 0.875 bits per heavy atom. The summed E-state index contributed by atoms with van der Waals surface area (Å²) in [6, 6.07) is 11.4. The average molecular weight is 387 g/mol. The minimum Gasteiger partial charge on any atom is -0.0654 e. The molecule has 0 aliphatic rings. The maximum absolute atomic E-state index is 3.06. The van der Waals surface area contributed by atoms with Crippen molar-refractivity contribution in [2.24, 2.45) is 0 Å². The van der Waals surface area contributed by atoms with Gasteiger partial charge in [-0.15, -0.1) is 0 Å². The number of unbranched alkanes of at least 4 members (excludes halogenated alkanes) is 6. The minimum atomic E-state index is 0. The first kappa shape index (κ1) is 15.9. The minimum absolute atomic E-state index is 0. The molecule has 0 spiro atoms. The summed E-state index contributed by atoms with van der Waals surface area (Å²) in [5, 5.41) is 0. The van der Waals surface area contributed by atoms with Crippen LogP contribution in [0.15, 0.2) is 24.3 Å². The zero-order valence-corrected chi connectivity index (χ0v) is 13.3. The van der Waals surface area contributed by atoms with Gasteiger partial charge < -0.3 is 0 Å². The van der Waals surface area contributed by atoms with Gasteiger partial charge in [-0.05, 0) is 24.5 Å². The molecule has 16 heavy (non-hydrogen) atoms. The first-order valence-corrected chi connectivity index (χ1v) is 6.38. The van der Waals surface area contributed by atoms with E-state index in [1.807, 2.05) is 12.1 Å². The van der Waals surface area contributed by atoms with Crippen LogP contribution in [-0.2, 0) is 27.5 Å². The molecule has 0 amide bonds. The Labute approximate surface area is 115 Å². The fraction of sp³-hybridized carbons (Fsp3) is 0.600. The van der Waals surface area contributed by atoms with Crippen LogP contribution < -0.4 is 0 Å². The predicted molar refractivity (Wildman–Crippen MR) is 67.0 cm³/mol. The van der Waals surface area contributed by atoms with Gasteiger partial charge in [0, 0.05) is 21.1 Å². The van der Waals surface area contributed by atoms with Gasteiger partial charge in [0.15, 0.2) is 0 Å². The molecule has 1 heteroatoms. The first-order valence-electron chi connectivity index (χ1n) is 6.38. The zero-order valence-electron chi connectivity index (χ0n) is 10.4. The molecule has 0 heterocycles. The molecule has 0 saturated heterocycles. The van der Waals surface area contributed by atoms with E-state index in [-0.39, 0.29) is 21.1 Å². The van der Waals surface area contributed by atoms with Crippen LogP contribution in [0, 0.1) is 6.07 Å². The molecule has 0 saturated carbocycles. The Hall–Kier alpha value is -0.0917. The summed E-state index contributed by atoms with van der Waals surface area (Å²) in [5.74, 6) is 0. The van der Waals surface area contributed by atoms with Crippen LogP contribution in [-0.4, -0.2) is 0 Å². The third-order valence-electron chi connectivity index (χ3n) is 2.86. The average Bonchev–Trinajstić information content (AvgIpc) is 2.29. The van der Waals surface area contributed by atoms with Crippen LogP contribution in [0.5, 0.6) is 0 Å². The van der Waals surface area contributed by atoms with Gasteiger partial charge in [0.25, 0.3) is 0 Å². The maximum Gasteiger partial charge on any atom is 0 e. The molecule has 1 rings (SSSR count). The van der Waals surface area contributed by atoms with Crippen molar-refractivity contribution in [3.8, 4) is 0 Å². The van der Waals surface area contributed by atoms with Crippen LogP contribution in [0.25, 0.3) is 0 Å². The number of rotatable bonds is 8. The summed E-state index contributed by atoms with van der Waals surface area (Å²) in [6.45, 7) is 2.27. The van der Waals surface area contributed by atoms with E-state index in [1.54, 1.807) is 0 Å². The van der Waals surface area contributed by atoms with Gasteiger partial charge in [0.05, 0.1) is 0 Å². The number of benzene rings is 1. The molecular formula is C15H23W. The molecular weight excluding hydrogens is 364 g/mol. The first-order chi connectivity index (χ1) is 7.43. The third-order valence-corrected chi connectivity index (χ3v) is 2.86. The summed E-state index contributed by atoms with van der Waals surface area (Å²) in [4.78, 5) is 0. The molecule has 0 atom stereocenters. The second-order valence-corrected chi connectivity index (χ2v) is 4.28. The van der Waals surface area contributed by atoms with Gasteiger partial charge in [-0.1, -0.05) is 69.7 Å². The molecule has 1 aromatic rings. The Morgan fingerprint density at radius 2 is 1.44 bits per heavy atom. The SMILES string of the molecule is CCCCCCCCCc1cc[c]cc1.[W]. The van der Waals surface area contributed by atoms with E-state index in [0.29, 0.717) is 0 Å². The van der Waals surface area contributed by atoms with Gasteiger partial charge in [-0.25, -0.2) is 0 Å². The van der Waals surface area contributed by atoms with Crippen LogP contribution in [0.3, 0.4) is 0 Å². The summed E-state index contributed by atoms with van der Waals surface area (Å²) in [7, 11) is 0. The van der Waals surface area contributed by atoms with Gasteiger partial charge in [0.1, 0.15) is 0 Å². The van der Waals surface area contributed by atoms with Crippen molar-refractivity contribution >= 4 is 0 Å². The molecule has 0 fully saturated rings. The van der Waals surface area contributed by atoms with E-state index in [9.17, 15) is 0 Å². The van der Waals surface area contributed by atoms with Crippen molar-refractivity contribution in [3.05, 3.63) is 35.9 Å². The van der Waals surface area contributed by atoms with E-state index in [4.69, 9.17) is 0 Å². The summed E-state index contributed by atoms with van der Waals surface area (Å²) < 4.78 is 0. The number of aryl methyl sites for hydroxylation is 1. The van der Waals surface area contributed by atoms with Crippen molar-refractivity contribution in [2.75, 3.05) is 0 Å². The second-order valence-electron chi connectivity index (χ2n) is 4.28. The van der Waals surface area contributed by atoms with Crippen LogP contribution >= 0.6 is 0 Å². The second kappa shape index (κ2) is 11.4. The molecule has 0 aliphatic carbocycles. The molecule has 0 aliphatic heterocycles. The van der Waals surface area contributed by atoms with Crippen molar-refractivity contribution < 1.29 is 21.1 Å². The largest absolute Gasteiger partial charge is 0.0654 e. The van der Waals surface area contributed by atoms with E-state index in [1.165, 1.54) is 56.9 Å². The summed E-state index contributed by atoms with van der Waals surface area (Å²) in [6.07, 6.45) is 11.0. The number of hydrogen-bond donors (Lipinski definition) is 0. The molecule has 0 unspecified atom stereocenters. The molecule has 1 radical (unpaired) electrons. The van der Waals surface area contributed by atoms with Crippen molar-refractivity contribution in [2.45, 2.75) is 58.3 Å². The Kier molecular flexibility index (Phi) is 11.3. The zero-order chi connectivity index (χ0) is 10.8. The molecule has 0 N–H and O–H groups in total. The van der Waals surface area contributed by atoms with Crippen molar-refractivity contribution in [1.82, 2.24) is 0 Å². The van der Waals surface area contributed by atoms with Gasteiger partial charge >= 0.3 is 0 Å². The number of hydrogen-bond acceptors (Lipinski definition) is 0. The Morgan fingerprint density at radius 3 is 2.06 bits per heavy atom. The smallest absolute Gasteiger partial charge is 0 e. The summed E-state index contributed by atoms with van der Waals surface area (Å²) in [5.41, 5.74) is 1.46.